The lowest BCUT2D eigenvalue weighted by Crippen LogP contribution is -2.26. The third-order valence-electron chi connectivity index (χ3n) is 3.31. The quantitative estimate of drug-likeness (QED) is 0.853. The number of aromatic nitrogens is 2. The molecule has 1 aliphatic heterocycles. The summed E-state index contributed by atoms with van der Waals surface area (Å²) in [5, 5.41) is 12.4. The van der Waals surface area contributed by atoms with Crippen LogP contribution in [-0.4, -0.2) is 23.1 Å². The lowest BCUT2D eigenvalue weighted by molar-refractivity contribution is 0.708. The molecule has 0 atom stereocenters. The minimum Gasteiger partial charge on any atom is -0.311 e. The van der Waals surface area contributed by atoms with Crippen molar-refractivity contribution in [1.82, 2.24) is 15.3 Å². The van der Waals surface area contributed by atoms with Gasteiger partial charge in [0, 0.05) is 31.0 Å². The van der Waals surface area contributed by atoms with E-state index >= 15 is 0 Å². The van der Waals surface area contributed by atoms with E-state index in [9.17, 15) is 0 Å². The van der Waals surface area contributed by atoms with E-state index in [0.29, 0.717) is 11.6 Å². The molecule has 0 amide bonds. The Balaban J connectivity index is 2.10. The summed E-state index contributed by atoms with van der Waals surface area (Å²) >= 11 is 0. The molecule has 1 N–H and O–H groups in total. The van der Waals surface area contributed by atoms with Crippen molar-refractivity contribution in [3.8, 4) is 6.07 Å². The van der Waals surface area contributed by atoms with Gasteiger partial charge in [0.05, 0.1) is 0 Å². The van der Waals surface area contributed by atoms with E-state index in [1.807, 2.05) is 19.1 Å². The first-order chi connectivity index (χ1) is 9.78. The van der Waals surface area contributed by atoms with Gasteiger partial charge in [0.2, 0.25) is 5.95 Å². The number of fused-ring (bicyclic) bond motifs is 1. The van der Waals surface area contributed by atoms with Gasteiger partial charge < -0.3 is 10.2 Å². The first-order valence-electron chi connectivity index (χ1n) is 6.60. The zero-order chi connectivity index (χ0) is 13.9. The molecule has 5 nitrogen and oxygen atoms in total. The maximum Gasteiger partial charge on any atom is 0.231 e. The summed E-state index contributed by atoms with van der Waals surface area (Å²) < 4.78 is 0. The average Bonchev–Trinajstić information content (AvgIpc) is 2.69. The van der Waals surface area contributed by atoms with Crippen LogP contribution < -0.4 is 10.2 Å². The lowest BCUT2D eigenvalue weighted by atomic mass is 10.1. The Morgan fingerprint density at radius 2 is 2.15 bits per heavy atom. The van der Waals surface area contributed by atoms with Crippen LogP contribution in [0.25, 0.3) is 0 Å². The van der Waals surface area contributed by atoms with Crippen LogP contribution in [0.1, 0.15) is 17.0 Å². The third-order valence-corrected chi connectivity index (χ3v) is 3.31. The Morgan fingerprint density at radius 1 is 1.30 bits per heavy atom. The molecule has 0 spiro atoms. The van der Waals surface area contributed by atoms with Gasteiger partial charge in [0.25, 0.3) is 0 Å². The van der Waals surface area contributed by atoms with Crippen LogP contribution in [0.3, 0.4) is 0 Å². The van der Waals surface area contributed by atoms with E-state index in [4.69, 9.17) is 5.26 Å². The number of anilines is 2. The largest absolute Gasteiger partial charge is 0.311 e. The molecule has 0 fully saturated rings. The van der Waals surface area contributed by atoms with Crippen molar-refractivity contribution in [2.75, 3.05) is 18.0 Å². The molecule has 100 valence electrons. The highest BCUT2D eigenvalue weighted by atomic mass is 15.3. The Bertz CT molecular complexity index is 674. The van der Waals surface area contributed by atoms with Gasteiger partial charge in [-0.2, -0.15) is 5.26 Å². The first kappa shape index (κ1) is 12.6. The fourth-order valence-corrected chi connectivity index (χ4v) is 2.40. The van der Waals surface area contributed by atoms with Crippen molar-refractivity contribution in [2.24, 2.45) is 0 Å². The van der Waals surface area contributed by atoms with Gasteiger partial charge in [-0.3, -0.25) is 0 Å². The van der Waals surface area contributed by atoms with Crippen molar-refractivity contribution in [3.63, 3.8) is 0 Å². The summed E-state index contributed by atoms with van der Waals surface area (Å²) in [6.45, 7) is 4.36. The molecule has 2 aromatic rings. The van der Waals surface area contributed by atoms with Gasteiger partial charge in [-0.1, -0.05) is 18.2 Å². The number of nitrogens with one attached hydrogen (secondary N) is 1. The van der Waals surface area contributed by atoms with E-state index in [1.54, 1.807) is 6.07 Å². The minimum atomic E-state index is 0.405. The standard InChI is InChI=1S/C15H15N5/c1-11-8-13(9-16)19-15(18-11)20-7-6-17-10-12-4-2-3-5-14(12)20/h2-5,8,17H,6-7,10H2,1H3. The second kappa shape index (κ2) is 5.27. The van der Waals surface area contributed by atoms with Crippen LogP contribution in [0.4, 0.5) is 11.6 Å². The first-order valence-corrected chi connectivity index (χ1v) is 6.60. The van der Waals surface area contributed by atoms with E-state index in [-0.39, 0.29) is 0 Å². The highest BCUT2D eigenvalue weighted by Crippen LogP contribution is 2.27. The zero-order valence-electron chi connectivity index (χ0n) is 11.3. The highest BCUT2D eigenvalue weighted by molar-refractivity contribution is 5.62. The summed E-state index contributed by atoms with van der Waals surface area (Å²) in [5.41, 5.74) is 3.53. The summed E-state index contributed by atoms with van der Waals surface area (Å²) in [4.78, 5) is 10.9. The second-order valence-electron chi connectivity index (χ2n) is 4.76. The van der Waals surface area contributed by atoms with Crippen molar-refractivity contribution in [2.45, 2.75) is 13.5 Å². The molecule has 0 bridgehead atoms. The minimum absolute atomic E-state index is 0.405. The molecular weight excluding hydrogens is 250 g/mol. The Morgan fingerprint density at radius 3 is 3.00 bits per heavy atom. The van der Waals surface area contributed by atoms with Crippen LogP contribution in [0.5, 0.6) is 0 Å². The van der Waals surface area contributed by atoms with Crippen LogP contribution in [0.2, 0.25) is 0 Å². The second-order valence-corrected chi connectivity index (χ2v) is 4.76. The van der Waals surface area contributed by atoms with Gasteiger partial charge in [-0.25, -0.2) is 9.97 Å². The fraction of sp³-hybridized carbons (Fsp3) is 0.267. The summed E-state index contributed by atoms with van der Waals surface area (Å²) in [5.74, 6) is 0.595. The highest BCUT2D eigenvalue weighted by Gasteiger charge is 2.18. The predicted octanol–water partition coefficient (Wildman–Crippen LogP) is 1.90. The zero-order valence-corrected chi connectivity index (χ0v) is 11.3. The summed E-state index contributed by atoms with van der Waals surface area (Å²) in [6, 6.07) is 12.0. The molecule has 0 saturated carbocycles. The molecule has 0 aliphatic carbocycles. The number of para-hydroxylation sites is 1. The molecule has 3 rings (SSSR count). The van der Waals surface area contributed by atoms with Crippen LogP contribution in [0, 0.1) is 18.3 Å². The normalized spacial score (nSPS) is 14.3. The fourth-order valence-electron chi connectivity index (χ4n) is 2.40. The molecule has 0 saturated heterocycles. The number of aryl methyl sites for hydroxylation is 1. The Hall–Kier alpha value is -2.45. The SMILES string of the molecule is Cc1cc(C#N)nc(N2CCNCc3ccccc32)n1. The smallest absolute Gasteiger partial charge is 0.231 e. The number of nitrogens with zero attached hydrogens (tertiary/aromatic N) is 4. The maximum atomic E-state index is 9.06. The van der Waals surface area contributed by atoms with Crippen molar-refractivity contribution < 1.29 is 0 Å². The van der Waals surface area contributed by atoms with Crippen molar-refractivity contribution in [1.29, 1.82) is 5.26 Å². The van der Waals surface area contributed by atoms with Gasteiger partial charge >= 0.3 is 0 Å². The van der Waals surface area contributed by atoms with Crippen LogP contribution >= 0.6 is 0 Å². The van der Waals surface area contributed by atoms with Crippen molar-refractivity contribution >= 4 is 11.6 Å². The average molecular weight is 265 g/mol. The summed E-state index contributed by atoms with van der Waals surface area (Å²) in [7, 11) is 0. The third kappa shape index (κ3) is 2.33. The van der Waals surface area contributed by atoms with E-state index < -0.39 is 0 Å². The molecule has 1 aromatic heterocycles. The molecule has 0 unspecified atom stereocenters. The number of hydrogen-bond donors (Lipinski definition) is 1. The number of rotatable bonds is 1. The van der Waals surface area contributed by atoms with Crippen LogP contribution in [0.15, 0.2) is 30.3 Å². The predicted molar refractivity (Wildman–Crippen MR) is 76.6 cm³/mol. The Kier molecular flexibility index (Phi) is 3.32. The number of nitriles is 1. The van der Waals surface area contributed by atoms with E-state index in [2.05, 4.69) is 38.4 Å². The number of benzene rings is 1. The molecule has 1 aromatic carbocycles. The molecular formula is C15H15N5. The monoisotopic (exact) mass is 265 g/mol. The molecule has 1 aliphatic rings. The van der Waals surface area contributed by atoms with Gasteiger partial charge in [0.15, 0.2) is 0 Å². The van der Waals surface area contributed by atoms with Crippen LogP contribution in [-0.2, 0) is 6.54 Å². The topological polar surface area (TPSA) is 64.8 Å². The molecule has 20 heavy (non-hydrogen) atoms. The van der Waals surface area contributed by atoms with Crippen molar-refractivity contribution in [3.05, 3.63) is 47.3 Å². The summed E-state index contributed by atoms with van der Waals surface area (Å²) in [6.07, 6.45) is 0. The number of hydrogen-bond acceptors (Lipinski definition) is 5. The van der Waals surface area contributed by atoms with E-state index in [0.717, 1.165) is 31.0 Å². The van der Waals surface area contributed by atoms with Gasteiger partial charge in [-0.15, -0.1) is 0 Å². The molecule has 5 heteroatoms. The van der Waals surface area contributed by atoms with Gasteiger partial charge in [-0.05, 0) is 24.6 Å². The van der Waals surface area contributed by atoms with E-state index in [1.165, 1.54) is 5.56 Å². The Labute approximate surface area is 117 Å². The molecule has 0 radical (unpaired) electrons. The lowest BCUT2D eigenvalue weighted by Gasteiger charge is -2.22. The van der Waals surface area contributed by atoms with Gasteiger partial charge in [0.1, 0.15) is 11.8 Å². The maximum absolute atomic E-state index is 9.06. The molecule has 2 heterocycles.